The van der Waals surface area contributed by atoms with Gasteiger partial charge in [-0.1, -0.05) is 6.58 Å². The summed E-state index contributed by atoms with van der Waals surface area (Å²) >= 11 is 0. The van der Waals surface area contributed by atoms with Crippen LogP contribution in [0.15, 0.2) is 29.2 Å². The van der Waals surface area contributed by atoms with Crippen molar-refractivity contribution in [2.75, 3.05) is 0 Å². The molecule has 0 atom stereocenters. The molecule has 0 aliphatic carbocycles. The Morgan fingerprint density at radius 1 is 1.42 bits per heavy atom. The smallest absolute Gasteiger partial charge is 0.185 e. The van der Waals surface area contributed by atoms with Crippen molar-refractivity contribution in [3.8, 4) is 0 Å². The highest BCUT2D eigenvalue weighted by molar-refractivity contribution is 5.70. The van der Waals surface area contributed by atoms with Gasteiger partial charge in [0.1, 0.15) is 12.0 Å². The Morgan fingerprint density at radius 2 is 2.00 bits per heavy atom. The fraction of sp³-hybridized carbons (Fsp3) is 0.111. The molecule has 1 rings (SSSR count). The molecular formula is C9H10O3. The third kappa shape index (κ3) is 4.22. The fourth-order valence-corrected chi connectivity index (χ4v) is 0.517. The van der Waals surface area contributed by atoms with Gasteiger partial charge in [-0.3, -0.25) is 9.59 Å². The standard InChI is InChI=1S/C6H6O2.C3H4O/c1-5-2-3-6(4-7)8-5;1-2-3-4/h2-4H,1H3;2-3H,1H2. The zero-order valence-electron chi connectivity index (χ0n) is 6.82. The summed E-state index contributed by atoms with van der Waals surface area (Å²) in [4.78, 5) is 19.0. The lowest BCUT2D eigenvalue weighted by Gasteiger charge is -1.75. The molecule has 3 nitrogen and oxygen atoms in total. The predicted octanol–water partition coefficient (Wildman–Crippen LogP) is 1.77. The molecule has 0 aliphatic rings. The average Bonchev–Trinajstić information content (AvgIpc) is 2.52. The first kappa shape index (κ1) is 10.4. The van der Waals surface area contributed by atoms with E-state index in [9.17, 15) is 4.79 Å². The maximum absolute atomic E-state index is 9.93. The van der Waals surface area contributed by atoms with Crippen LogP contribution in [0.4, 0.5) is 0 Å². The van der Waals surface area contributed by atoms with Crippen LogP contribution in [0.25, 0.3) is 0 Å². The molecule has 0 radical (unpaired) electrons. The van der Waals surface area contributed by atoms with E-state index in [0.717, 1.165) is 5.76 Å². The molecule has 0 saturated heterocycles. The van der Waals surface area contributed by atoms with Crippen LogP contribution in [-0.4, -0.2) is 12.6 Å². The summed E-state index contributed by atoms with van der Waals surface area (Å²) in [5.41, 5.74) is 0. The molecule has 0 spiro atoms. The molecule has 0 fully saturated rings. The van der Waals surface area contributed by atoms with E-state index in [1.807, 2.05) is 0 Å². The topological polar surface area (TPSA) is 47.3 Å². The van der Waals surface area contributed by atoms with Crippen molar-refractivity contribution in [2.24, 2.45) is 0 Å². The van der Waals surface area contributed by atoms with Crippen molar-refractivity contribution in [3.63, 3.8) is 0 Å². The largest absolute Gasteiger partial charge is 0.459 e. The second-order valence-electron chi connectivity index (χ2n) is 1.94. The van der Waals surface area contributed by atoms with E-state index < -0.39 is 0 Å². The van der Waals surface area contributed by atoms with Gasteiger partial charge < -0.3 is 4.42 Å². The van der Waals surface area contributed by atoms with Gasteiger partial charge in [-0.15, -0.1) is 0 Å². The van der Waals surface area contributed by atoms with Crippen molar-refractivity contribution < 1.29 is 14.0 Å². The zero-order chi connectivity index (χ0) is 9.40. The van der Waals surface area contributed by atoms with E-state index in [1.165, 1.54) is 6.08 Å². The van der Waals surface area contributed by atoms with Crippen molar-refractivity contribution in [3.05, 3.63) is 36.3 Å². The summed E-state index contributed by atoms with van der Waals surface area (Å²) in [5.74, 6) is 1.16. The quantitative estimate of drug-likeness (QED) is 0.497. The van der Waals surface area contributed by atoms with E-state index in [-0.39, 0.29) is 0 Å². The van der Waals surface area contributed by atoms with E-state index >= 15 is 0 Å². The molecule has 0 saturated carbocycles. The van der Waals surface area contributed by atoms with Gasteiger partial charge in [0.15, 0.2) is 12.0 Å². The number of furan rings is 1. The molecule has 1 aromatic rings. The average molecular weight is 166 g/mol. The van der Waals surface area contributed by atoms with Crippen LogP contribution in [0, 0.1) is 6.92 Å². The first-order chi connectivity index (χ1) is 5.74. The maximum Gasteiger partial charge on any atom is 0.185 e. The van der Waals surface area contributed by atoms with Gasteiger partial charge in [-0.05, 0) is 25.1 Å². The zero-order valence-corrected chi connectivity index (χ0v) is 6.82. The van der Waals surface area contributed by atoms with Crippen LogP contribution in [0.1, 0.15) is 16.3 Å². The molecule has 64 valence electrons. The number of hydrogen-bond donors (Lipinski definition) is 0. The number of aldehydes is 2. The molecule has 0 aromatic carbocycles. The summed E-state index contributed by atoms with van der Waals surface area (Å²) in [5, 5.41) is 0. The third-order valence-electron chi connectivity index (χ3n) is 0.974. The van der Waals surface area contributed by atoms with Gasteiger partial charge in [-0.2, -0.15) is 0 Å². The van der Waals surface area contributed by atoms with E-state index in [1.54, 1.807) is 19.1 Å². The molecule has 0 bridgehead atoms. The molecule has 0 amide bonds. The SMILES string of the molecule is C=CC=O.Cc1ccc(C=O)o1. The van der Waals surface area contributed by atoms with Crippen LogP contribution in [-0.2, 0) is 4.79 Å². The monoisotopic (exact) mass is 166 g/mol. The highest BCUT2D eigenvalue weighted by Gasteiger charge is 1.91. The lowest BCUT2D eigenvalue weighted by Crippen LogP contribution is -1.66. The second-order valence-corrected chi connectivity index (χ2v) is 1.94. The fourth-order valence-electron chi connectivity index (χ4n) is 0.517. The van der Waals surface area contributed by atoms with Crippen LogP contribution in [0.5, 0.6) is 0 Å². The third-order valence-corrected chi connectivity index (χ3v) is 0.974. The minimum atomic E-state index is 0.391. The Kier molecular flexibility index (Phi) is 5.26. The van der Waals surface area contributed by atoms with Gasteiger partial charge in [0.25, 0.3) is 0 Å². The Bertz CT molecular complexity index is 254. The first-order valence-corrected chi connectivity index (χ1v) is 3.32. The minimum absolute atomic E-state index is 0.391. The number of allylic oxidation sites excluding steroid dienone is 1. The number of hydrogen-bond acceptors (Lipinski definition) is 3. The van der Waals surface area contributed by atoms with Crippen LogP contribution < -0.4 is 0 Å². The van der Waals surface area contributed by atoms with Gasteiger partial charge in [-0.25, -0.2) is 0 Å². The molecule has 1 aromatic heterocycles. The van der Waals surface area contributed by atoms with Crippen molar-refractivity contribution >= 4 is 12.6 Å². The summed E-state index contributed by atoms with van der Waals surface area (Å²) < 4.78 is 4.86. The van der Waals surface area contributed by atoms with Crippen molar-refractivity contribution in [1.29, 1.82) is 0 Å². The van der Waals surface area contributed by atoms with Crippen molar-refractivity contribution in [1.82, 2.24) is 0 Å². The van der Waals surface area contributed by atoms with Gasteiger partial charge in [0.05, 0.1) is 0 Å². The number of aryl methyl sites for hydroxylation is 1. The van der Waals surface area contributed by atoms with Crippen LogP contribution in [0.2, 0.25) is 0 Å². The van der Waals surface area contributed by atoms with E-state index in [0.29, 0.717) is 18.3 Å². The van der Waals surface area contributed by atoms with E-state index in [2.05, 4.69) is 6.58 Å². The Labute approximate surface area is 70.7 Å². The highest BCUT2D eigenvalue weighted by Crippen LogP contribution is 2.01. The van der Waals surface area contributed by atoms with E-state index in [4.69, 9.17) is 9.21 Å². The second kappa shape index (κ2) is 6.09. The summed E-state index contributed by atoms with van der Waals surface area (Å²) in [6.45, 7) is 4.91. The molecule has 0 aliphatic heterocycles. The highest BCUT2D eigenvalue weighted by atomic mass is 16.3. The maximum atomic E-state index is 9.93. The van der Waals surface area contributed by atoms with Crippen molar-refractivity contribution in [2.45, 2.75) is 6.92 Å². The molecule has 0 unspecified atom stereocenters. The first-order valence-electron chi connectivity index (χ1n) is 3.32. The minimum Gasteiger partial charge on any atom is -0.459 e. The lowest BCUT2D eigenvalue weighted by molar-refractivity contribution is -0.104. The van der Waals surface area contributed by atoms with Gasteiger partial charge in [0.2, 0.25) is 0 Å². The molecular weight excluding hydrogens is 156 g/mol. The summed E-state index contributed by atoms with van der Waals surface area (Å²) in [7, 11) is 0. The summed E-state index contributed by atoms with van der Waals surface area (Å²) in [6.07, 6.45) is 2.52. The molecule has 0 N–H and O–H groups in total. The normalized spacial score (nSPS) is 7.75. The number of carbonyl (C=O) groups is 2. The summed E-state index contributed by atoms with van der Waals surface area (Å²) in [6, 6.07) is 3.39. The molecule has 12 heavy (non-hydrogen) atoms. The lowest BCUT2D eigenvalue weighted by atomic mass is 10.5. The van der Waals surface area contributed by atoms with Gasteiger partial charge >= 0.3 is 0 Å². The number of carbonyl (C=O) groups excluding carboxylic acids is 2. The predicted molar refractivity (Wildman–Crippen MR) is 45.1 cm³/mol. The Balaban J connectivity index is 0.000000261. The van der Waals surface area contributed by atoms with Crippen LogP contribution in [0.3, 0.4) is 0 Å². The Hall–Kier alpha value is -1.64. The number of rotatable bonds is 2. The van der Waals surface area contributed by atoms with Crippen LogP contribution >= 0.6 is 0 Å². The Morgan fingerprint density at radius 3 is 2.17 bits per heavy atom. The van der Waals surface area contributed by atoms with Gasteiger partial charge in [0, 0.05) is 0 Å². The molecule has 1 heterocycles. The molecule has 3 heteroatoms.